The van der Waals surface area contributed by atoms with Crippen LogP contribution in [-0.4, -0.2) is 5.96 Å². The molecule has 0 fully saturated rings. The molecule has 0 atom stereocenters. The van der Waals surface area contributed by atoms with Crippen molar-refractivity contribution in [1.82, 2.24) is 0 Å². The van der Waals surface area contributed by atoms with E-state index in [4.69, 9.17) is 17.3 Å². The maximum absolute atomic E-state index is 13.6. The Morgan fingerprint density at radius 3 is 2.63 bits per heavy atom. The summed E-state index contributed by atoms with van der Waals surface area (Å²) in [6.07, 6.45) is 0. The zero-order valence-corrected chi connectivity index (χ0v) is 10.9. The van der Waals surface area contributed by atoms with Gasteiger partial charge in [0.05, 0.1) is 17.3 Å². The number of nitrogens with one attached hydrogen (secondary N) is 1. The zero-order chi connectivity index (χ0) is 13.7. The number of nitrogens with zero attached hydrogens (tertiary/aromatic N) is 1. The molecule has 0 unspecified atom stereocenters. The van der Waals surface area contributed by atoms with Crippen LogP contribution >= 0.6 is 11.6 Å². The van der Waals surface area contributed by atoms with E-state index in [0.29, 0.717) is 6.54 Å². The van der Waals surface area contributed by atoms with Crippen molar-refractivity contribution in [2.24, 2.45) is 10.7 Å². The summed E-state index contributed by atoms with van der Waals surface area (Å²) >= 11 is 5.67. The minimum atomic E-state index is -0.540. The van der Waals surface area contributed by atoms with Crippen LogP contribution in [0.5, 0.6) is 0 Å². The van der Waals surface area contributed by atoms with Gasteiger partial charge < -0.3 is 11.1 Å². The fourth-order valence-electron chi connectivity index (χ4n) is 1.54. The quantitative estimate of drug-likeness (QED) is 0.667. The van der Waals surface area contributed by atoms with Crippen molar-refractivity contribution in [2.45, 2.75) is 6.54 Å². The first-order valence-electron chi connectivity index (χ1n) is 5.71. The fraction of sp³-hybridized carbons (Fsp3) is 0.0714. The second-order valence-electron chi connectivity index (χ2n) is 3.91. The number of nitrogens with two attached hydrogens (primary N) is 1. The van der Waals surface area contributed by atoms with Gasteiger partial charge in [0.2, 0.25) is 0 Å². The molecule has 0 spiro atoms. The molecular formula is C14H13ClFN3. The summed E-state index contributed by atoms with van der Waals surface area (Å²) in [5, 5.41) is 2.73. The first kappa shape index (κ1) is 13.4. The highest BCUT2D eigenvalue weighted by Gasteiger charge is 2.06. The Labute approximate surface area is 115 Å². The molecule has 0 aliphatic carbocycles. The largest absolute Gasteiger partial charge is 0.370 e. The highest BCUT2D eigenvalue weighted by molar-refractivity contribution is 6.31. The molecule has 0 saturated carbocycles. The van der Waals surface area contributed by atoms with Crippen molar-refractivity contribution in [3.05, 3.63) is 64.9 Å². The molecule has 0 aromatic heterocycles. The van der Waals surface area contributed by atoms with Crippen molar-refractivity contribution < 1.29 is 4.39 Å². The molecule has 0 amide bonds. The third-order valence-electron chi connectivity index (χ3n) is 2.49. The first-order chi connectivity index (χ1) is 9.16. The van der Waals surface area contributed by atoms with Gasteiger partial charge in [-0.05, 0) is 17.7 Å². The summed E-state index contributed by atoms with van der Waals surface area (Å²) in [5.41, 5.74) is 6.94. The van der Waals surface area contributed by atoms with E-state index in [0.717, 1.165) is 5.56 Å². The monoisotopic (exact) mass is 277 g/mol. The zero-order valence-electron chi connectivity index (χ0n) is 10.1. The van der Waals surface area contributed by atoms with E-state index in [1.165, 1.54) is 6.07 Å². The van der Waals surface area contributed by atoms with E-state index in [9.17, 15) is 4.39 Å². The van der Waals surface area contributed by atoms with E-state index in [2.05, 4.69) is 10.3 Å². The summed E-state index contributed by atoms with van der Waals surface area (Å²) in [5.74, 6) is -0.396. The van der Waals surface area contributed by atoms with E-state index in [-0.39, 0.29) is 16.7 Å². The predicted octanol–water partition coefficient (Wildman–Crippen LogP) is 3.41. The lowest BCUT2D eigenvalue weighted by molar-refractivity contribution is 0.632. The molecule has 2 aromatic carbocycles. The number of hydrogen-bond acceptors (Lipinski definition) is 1. The van der Waals surface area contributed by atoms with Crippen molar-refractivity contribution in [1.29, 1.82) is 0 Å². The summed E-state index contributed by atoms with van der Waals surface area (Å²) in [6.45, 7) is 0.432. The minimum absolute atomic E-state index is 0.0425. The van der Waals surface area contributed by atoms with Crippen LogP contribution in [0.25, 0.3) is 0 Å². The molecule has 0 heterocycles. The maximum Gasteiger partial charge on any atom is 0.193 e. The molecule has 0 bridgehead atoms. The Morgan fingerprint density at radius 1 is 1.16 bits per heavy atom. The Bertz CT molecular complexity index is 584. The smallest absolute Gasteiger partial charge is 0.193 e. The van der Waals surface area contributed by atoms with Gasteiger partial charge in [-0.3, -0.25) is 0 Å². The molecule has 19 heavy (non-hydrogen) atoms. The van der Waals surface area contributed by atoms with Gasteiger partial charge in [0.15, 0.2) is 11.8 Å². The van der Waals surface area contributed by atoms with Crippen molar-refractivity contribution in [3.63, 3.8) is 0 Å². The number of aliphatic imine (C=N–C) groups is 1. The molecule has 2 aromatic rings. The predicted molar refractivity (Wildman–Crippen MR) is 76.8 cm³/mol. The molecule has 2 rings (SSSR count). The average molecular weight is 278 g/mol. The topological polar surface area (TPSA) is 50.4 Å². The molecule has 98 valence electrons. The molecular weight excluding hydrogens is 265 g/mol. The molecule has 0 radical (unpaired) electrons. The molecule has 0 aliphatic heterocycles. The Kier molecular flexibility index (Phi) is 4.36. The van der Waals surface area contributed by atoms with Gasteiger partial charge in [-0.1, -0.05) is 48.0 Å². The van der Waals surface area contributed by atoms with Crippen LogP contribution in [0.4, 0.5) is 10.1 Å². The second-order valence-corrected chi connectivity index (χ2v) is 4.32. The summed E-state index contributed by atoms with van der Waals surface area (Å²) in [4.78, 5) is 4.13. The minimum Gasteiger partial charge on any atom is -0.370 e. The van der Waals surface area contributed by atoms with Gasteiger partial charge in [0.1, 0.15) is 0 Å². The van der Waals surface area contributed by atoms with E-state index >= 15 is 0 Å². The Hall–Kier alpha value is -2.07. The normalized spacial score (nSPS) is 11.4. The summed E-state index contributed by atoms with van der Waals surface area (Å²) in [7, 11) is 0. The third-order valence-corrected chi connectivity index (χ3v) is 2.78. The number of guanidine groups is 1. The molecule has 5 heteroatoms. The van der Waals surface area contributed by atoms with E-state index < -0.39 is 5.82 Å². The van der Waals surface area contributed by atoms with Crippen LogP contribution in [0.15, 0.2) is 53.5 Å². The lowest BCUT2D eigenvalue weighted by Crippen LogP contribution is -2.23. The number of hydrogen-bond donors (Lipinski definition) is 2. The van der Waals surface area contributed by atoms with Gasteiger partial charge in [0.25, 0.3) is 0 Å². The lowest BCUT2D eigenvalue weighted by atomic mass is 10.2. The second kappa shape index (κ2) is 6.20. The first-order valence-corrected chi connectivity index (χ1v) is 6.09. The molecule has 0 aliphatic rings. The van der Waals surface area contributed by atoms with Crippen LogP contribution in [0.2, 0.25) is 5.02 Å². The molecule has 0 saturated heterocycles. The number of halogens is 2. The average Bonchev–Trinajstić information content (AvgIpc) is 2.43. The highest BCUT2D eigenvalue weighted by Crippen LogP contribution is 2.21. The van der Waals surface area contributed by atoms with E-state index in [1.54, 1.807) is 12.1 Å². The van der Waals surface area contributed by atoms with Gasteiger partial charge >= 0.3 is 0 Å². The van der Waals surface area contributed by atoms with Crippen LogP contribution in [0.3, 0.4) is 0 Å². The summed E-state index contributed by atoms with van der Waals surface area (Å²) < 4.78 is 13.6. The van der Waals surface area contributed by atoms with Gasteiger partial charge in [0, 0.05) is 0 Å². The maximum atomic E-state index is 13.6. The summed E-state index contributed by atoms with van der Waals surface area (Å²) in [6, 6.07) is 14.3. The van der Waals surface area contributed by atoms with Crippen molar-refractivity contribution in [3.8, 4) is 0 Å². The highest BCUT2D eigenvalue weighted by atomic mass is 35.5. The number of benzene rings is 2. The van der Waals surface area contributed by atoms with Crippen LogP contribution in [0, 0.1) is 5.82 Å². The number of anilines is 1. The van der Waals surface area contributed by atoms with Crippen molar-refractivity contribution >= 4 is 23.2 Å². The third kappa shape index (κ3) is 3.69. The Morgan fingerprint density at radius 2 is 1.89 bits per heavy atom. The van der Waals surface area contributed by atoms with Crippen LogP contribution < -0.4 is 11.1 Å². The van der Waals surface area contributed by atoms with Gasteiger partial charge in [-0.15, -0.1) is 0 Å². The SMILES string of the molecule is NC(=NCc1ccccc1)Nc1cccc(Cl)c1F. The van der Waals surface area contributed by atoms with Gasteiger partial charge in [-0.25, -0.2) is 9.38 Å². The van der Waals surface area contributed by atoms with Crippen LogP contribution in [-0.2, 0) is 6.54 Å². The van der Waals surface area contributed by atoms with Crippen LogP contribution in [0.1, 0.15) is 5.56 Å². The fourth-order valence-corrected chi connectivity index (χ4v) is 1.71. The lowest BCUT2D eigenvalue weighted by Gasteiger charge is -2.07. The standard InChI is InChI=1S/C14H13ClFN3/c15-11-7-4-8-12(13(11)16)19-14(17)18-9-10-5-2-1-3-6-10/h1-8H,9H2,(H3,17,18,19). The van der Waals surface area contributed by atoms with Gasteiger partial charge in [-0.2, -0.15) is 0 Å². The van der Waals surface area contributed by atoms with Crippen molar-refractivity contribution in [2.75, 3.05) is 5.32 Å². The molecule has 3 N–H and O–H groups in total. The molecule has 3 nitrogen and oxygen atoms in total. The number of rotatable bonds is 3. The Balaban J connectivity index is 2.04. The van der Waals surface area contributed by atoms with E-state index in [1.807, 2.05) is 30.3 Å².